The highest BCUT2D eigenvalue weighted by Crippen LogP contribution is 2.35. The van der Waals surface area contributed by atoms with Crippen LogP contribution in [0.25, 0.3) is 11.3 Å². The molecule has 0 fully saturated rings. The van der Waals surface area contributed by atoms with Crippen LogP contribution in [0.5, 0.6) is 0 Å². The fourth-order valence-corrected chi connectivity index (χ4v) is 3.56. The number of benzene rings is 2. The molecule has 0 bridgehead atoms. The van der Waals surface area contributed by atoms with Gasteiger partial charge in [0, 0.05) is 27.8 Å². The van der Waals surface area contributed by atoms with Gasteiger partial charge in [-0.15, -0.1) is 0 Å². The third kappa shape index (κ3) is 2.55. The van der Waals surface area contributed by atoms with Gasteiger partial charge in [0.1, 0.15) is 0 Å². The second kappa shape index (κ2) is 5.91. The molecular weight excluding hydrogens is 368 g/mol. The van der Waals surface area contributed by atoms with Crippen molar-refractivity contribution in [1.29, 1.82) is 0 Å². The predicted molar refractivity (Wildman–Crippen MR) is 96.1 cm³/mol. The Hall–Kier alpha value is -2.40. The SMILES string of the molecule is C[C@@H]1Cc2cc(Br)ccc2N1C(=O)c1cc(-c2ccccc2)on1. The highest BCUT2D eigenvalue weighted by molar-refractivity contribution is 9.10. The number of carbonyl (C=O) groups is 1. The van der Waals surface area contributed by atoms with Crippen molar-refractivity contribution in [2.45, 2.75) is 19.4 Å². The lowest BCUT2D eigenvalue weighted by atomic mass is 10.1. The lowest BCUT2D eigenvalue weighted by Crippen LogP contribution is -2.35. The van der Waals surface area contributed by atoms with E-state index < -0.39 is 0 Å². The number of fused-ring (bicyclic) bond motifs is 1. The van der Waals surface area contributed by atoms with Crippen LogP contribution in [0, 0.1) is 0 Å². The second-order valence-corrected chi connectivity index (χ2v) is 6.86. The number of halogens is 1. The fraction of sp³-hybridized carbons (Fsp3) is 0.158. The first-order valence-corrected chi connectivity index (χ1v) is 8.57. The Kier molecular flexibility index (Phi) is 3.73. The third-order valence-electron chi connectivity index (χ3n) is 4.26. The zero-order valence-corrected chi connectivity index (χ0v) is 14.7. The number of rotatable bonds is 2. The summed E-state index contributed by atoms with van der Waals surface area (Å²) in [7, 11) is 0. The van der Waals surface area contributed by atoms with E-state index in [4.69, 9.17) is 4.52 Å². The number of amides is 1. The number of carbonyl (C=O) groups excluding carboxylic acids is 1. The molecule has 0 aliphatic carbocycles. The van der Waals surface area contributed by atoms with Gasteiger partial charge >= 0.3 is 0 Å². The van der Waals surface area contributed by atoms with Crippen LogP contribution in [0.3, 0.4) is 0 Å². The molecule has 2 aromatic carbocycles. The van der Waals surface area contributed by atoms with E-state index in [0.29, 0.717) is 11.5 Å². The molecule has 2 heterocycles. The summed E-state index contributed by atoms with van der Waals surface area (Å²) in [6.45, 7) is 2.05. The van der Waals surface area contributed by atoms with Gasteiger partial charge in [0.2, 0.25) is 0 Å². The van der Waals surface area contributed by atoms with E-state index in [1.165, 1.54) is 0 Å². The van der Waals surface area contributed by atoms with Gasteiger partial charge in [-0.1, -0.05) is 51.4 Å². The Bertz CT molecular complexity index is 905. The molecule has 120 valence electrons. The Morgan fingerprint density at radius 2 is 2.00 bits per heavy atom. The molecule has 0 spiro atoms. The van der Waals surface area contributed by atoms with E-state index in [9.17, 15) is 4.79 Å². The highest BCUT2D eigenvalue weighted by atomic mass is 79.9. The first kappa shape index (κ1) is 15.1. The van der Waals surface area contributed by atoms with Gasteiger partial charge in [-0.2, -0.15) is 0 Å². The van der Waals surface area contributed by atoms with E-state index >= 15 is 0 Å². The van der Waals surface area contributed by atoms with Crippen molar-refractivity contribution in [3.05, 3.63) is 70.3 Å². The molecule has 1 amide bonds. The average Bonchev–Trinajstić information content (AvgIpc) is 3.19. The van der Waals surface area contributed by atoms with Crippen molar-refractivity contribution in [3.8, 4) is 11.3 Å². The van der Waals surface area contributed by atoms with Crippen LogP contribution in [-0.2, 0) is 6.42 Å². The third-order valence-corrected chi connectivity index (χ3v) is 4.76. The van der Waals surface area contributed by atoms with Gasteiger partial charge in [-0.3, -0.25) is 4.79 Å². The topological polar surface area (TPSA) is 46.3 Å². The van der Waals surface area contributed by atoms with Crippen LogP contribution >= 0.6 is 15.9 Å². The maximum absolute atomic E-state index is 12.9. The molecule has 5 heteroatoms. The lowest BCUT2D eigenvalue weighted by molar-refractivity contribution is 0.0973. The summed E-state index contributed by atoms with van der Waals surface area (Å²) < 4.78 is 6.39. The molecule has 0 saturated carbocycles. The summed E-state index contributed by atoms with van der Waals surface area (Å²) in [5.74, 6) is 0.469. The van der Waals surface area contributed by atoms with Crippen LogP contribution in [-0.4, -0.2) is 17.1 Å². The van der Waals surface area contributed by atoms with E-state index in [1.807, 2.05) is 49.4 Å². The molecule has 0 unspecified atom stereocenters. The molecule has 1 aromatic heterocycles. The molecule has 0 saturated heterocycles. The molecule has 1 aliphatic heterocycles. The molecule has 4 rings (SSSR count). The Labute approximate surface area is 148 Å². The van der Waals surface area contributed by atoms with Gasteiger partial charge < -0.3 is 9.42 Å². The number of hydrogen-bond acceptors (Lipinski definition) is 3. The molecule has 3 aromatic rings. The molecule has 1 aliphatic rings. The van der Waals surface area contributed by atoms with Crippen molar-refractivity contribution in [2.24, 2.45) is 0 Å². The summed E-state index contributed by atoms with van der Waals surface area (Å²) in [5.41, 5.74) is 3.34. The normalized spacial score (nSPS) is 16.2. The minimum absolute atomic E-state index is 0.0960. The Balaban J connectivity index is 1.67. The largest absolute Gasteiger partial charge is 0.355 e. The van der Waals surface area contributed by atoms with Gasteiger partial charge in [0.15, 0.2) is 11.5 Å². The standard InChI is InChI=1S/C19H15BrN2O2/c1-12-9-14-10-15(20)7-8-17(14)22(12)19(23)16-11-18(24-21-16)13-5-3-2-4-6-13/h2-8,10-12H,9H2,1H3/t12-/m1/s1. The average molecular weight is 383 g/mol. The molecule has 1 atom stereocenters. The molecule has 0 radical (unpaired) electrons. The minimum Gasteiger partial charge on any atom is -0.355 e. The number of aromatic nitrogens is 1. The van der Waals surface area contributed by atoms with Crippen LogP contribution in [0.1, 0.15) is 23.0 Å². The van der Waals surface area contributed by atoms with Gasteiger partial charge in [0.05, 0.1) is 0 Å². The van der Waals surface area contributed by atoms with Gasteiger partial charge in [-0.25, -0.2) is 0 Å². The zero-order valence-electron chi connectivity index (χ0n) is 13.1. The van der Waals surface area contributed by atoms with Crippen LogP contribution in [0.15, 0.2) is 63.6 Å². The highest BCUT2D eigenvalue weighted by Gasteiger charge is 2.33. The van der Waals surface area contributed by atoms with Crippen molar-refractivity contribution in [3.63, 3.8) is 0 Å². The zero-order chi connectivity index (χ0) is 16.7. The molecule has 0 N–H and O–H groups in total. The monoisotopic (exact) mass is 382 g/mol. The quantitative estimate of drug-likeness (QED) is 0.645. The van der Waals surface area contributed by atoms with E-state index in [-0.39, 0.29) is 11.9 Å². The van der Waals surface area contributed by atoms with Crippen LogP contribution in [0.4, 0.5) is 5.69 Å². The smallest absolute Gasteiger partial charge is 0.280 e. The summed E-state index contributed by atoms with van der Waals surface area (Å²) in [6.07, 6.45) is 0.837. The summed E-state index contributed by atoms with van der Waals surface area (Å²) in [6, 6.07) is 17.4. The first-order chi connectivity index (χ1) is 11.6. The maximum atomic E-state index is 12.9. The van der Waals surface area contributed by atoms with Crippen LogP contribution < -0.4 is 4.90 Å². The van der Waals surface area contributed by atoms with E-state index in [2.05, 4.69) is 27.2 Å². The number of nitrogens with zero attached hydrogens (tertiary/aromatic N) is 2. The van der Waals surface area contributed by atoms with Crippen molar-refractivity contribution < 1.29 is 9.32 Å². The van der Waals surface area contributed by atoms with Crippen molar-refractivity contribution in [1.82, 2.24) is 5.16 Å². The van der Waals surface area contributed by atoms with Crippen molar-refractivity contribution >= 4 is 27.5 Å². The Morgan fingerprint density at radius 3 is 2.79 bits per heavy atom. The summed E-state index contributed by atoms with van der Waals surface area (Å²) >= 11 is 3.49. The molecular formula is C19H15BrN2O2. The van der Waals surface area contributed by atoms with E-state index in [1.54, 1.807) is 11.0 Å². The van der Waals surface area contributed by atoms with E-state index in [0.717, 1.165) is 27.7 Å². The summed E-state index contributed by atoms with van der Waals surface area (Å²) in [4.78, 5) is 14.7. The lowest BCUT2D eigenvalue weighted by Gasteiger charge is -2.21. The van der Waals surface area contributed by atoms with Crippen LogP contribution in [0.2, 0.25) is 0 Å². The number of anilines is 1. The van der Waals surface area contributed by atoms with Gasteiger partial charge in [-0.05, 0) is 37.1 Å². The molecule has 4 nitrogen and oxygen atoms in total. The van der Waals surface area contributed by atoms with Gasteiger partial charge in [0.25, 0.3) is 5.91 Å². The fourth-order valence-electron chi connectivity index (χ4n) is 3.15. The first-order valence-electron chi connectivity index (χ1n) is 7.77. The second-order valence-electron chi connectivity index (χ2n) is 5.94. The molecule has 24 heavy (non-hydrogen) atoms. The number of hydrogen-bond donors (Lipinski definition) is 0. The Morgan fingerprint density at radius 1 is 1.21 bits per heavy atom. The van der Waals surface area contributed by atoms with Crippen molar-refractivity contribution in [2.75, 3.05) is 4.90 Å². The minimum atomic E-state index is -0.130. The summed E-state index contributed by atoms with van der Waals surface area (Å²) in [5, 5.41) is 3.99. The maximum Gasteiger partial charge on any atom is 0.280 e. The predicted octanol–water partition coefficient (Wildman–Crippen LogP) is 4.70.